The van der Waals surface area contributed by atoms with Gasteiger partial charge in [-0.3, -0.25) is 0 Å². The fraction of sp³-hybridized carbons (Fsp3) is 0.400. The molecule has 20 heavy (non-hydrogen) atoms. The lowest BCUT2D eigenvalue weighted by molar-refractivity contribution is -0.160. The first-order valence-electron chi connectivity index (χ1n) is 5.24. The fourth-order valence-corrected chi connectivity index (χ4v) is 4.28. The molecule has 0 heterocycles. The third-order valence-electron chi connectivity index (χ3n) is 2.85. The molecule has 1 aliphatic carbocycles. The predicted octanol–water partition coefficient (Wildman–Crippen LogP) is 3.10. The zero-order valence-corrected chi connectivity index (χ0v) is 12.0. The Labute approximate surface area is 119 Å². The lowest BCUT2D eigenvalue weighted by Crippen LogP contribution is -2.47. The zero-order valence-electron chi connectivity index (χ0n) is 9.56. The smallest absolute Gasteiger partial charge is 0.207 e. The van der Waals surface area contributed by atoms with Crippen molar-refractivity contribution in [2.75, 3.05) is 0 Å². The second-order valence-corrected chi connectivity index (χ2v) is 6.86. The van der Waals surface area contributed by atoms with Crippen molar-refractivity contribution in [2.24, 2.45) is 0 Å². The van der Waals surface area contributed by atoms with Crippen molar-refractivity contribution >= 4 is 26.0 Å². The van der Waals surface area contributed by atoms with E-state index in [2.05, 4.69) is 15.9 Å². The molecule has 0 aliphatic heterocycles. The van der Waals surface area contributed by atoms with Crippen LogP contribution in [0.15, 0.2) is 21.5 Å². The molecule has 0 aromatic heterocycles. The number of rotatable bonds is 3. The molecule has 112 valence electrons. The van der Waals surface area contributed by atoms with Crippen LogP contribution in [0.1, 0.15) is 12.8 Å². The van der Waals surface area contributed by atoms with E-state index in [4.69, 9.17) is 0 Å². The number of benzene rings is 1. The molecule has 1 aromatic rings. The van der Waals surface area contributed by atoms with Crippen LogP contribution in [-0.2, 0) is 10.0 Å². The van der Waals surface area contributed by atoms with Gasteiger partial charge in [0.25, 0.3) is 0 Å². The molecule has 3 nitrogen and oxygen atoms in total. The molecule has 0 saturated heterocycles. The molecular weight excluding hydrogens is 373 g/mol. The monoisotopic (exact) mass is 379 g/mol. The third-order valence-corrected chi connectivity index (χ3v) is 5.35. The molecule has 0 amide bonds. The normalized spacial score (nSPS) is 18.1. The number of sulfonamides is 1. The predicted molar refractivity (Wildman–Crippen MR) is 62.4 cm³/mol. The lowest BCUT2D eigenvalue weighted by atomic mass is 10.3. The molecule has 1 saturated carbocycles. The summed E-state index contributed by atoms with van der Waals surface area (Å²) in [4.78, 5) is -1.05. The number of hydrogen-bond acceptors (Lipinski definition) is 2. The van der Waals surface area contributed by atoms with E-state index in [0.29, 0.717) is 6.07 Å². The van der Waals surface area contributed by atoms with Gasteiger partial charge in [-0.1, -0.05) is 0 Å². The van der Waals surface area contributed by atoms with Crippen LogP contribution < -0.4 is 4.72 Å². The minimum Gasteiger partial charge on any atom is -0.207 e. The first kappa shape index (κ1) is 15.6. The van der Waals surface area contributed by atoms with Gasteiger partial charge in [0.1, 0.15) is 22.1 Å². The highest BCUT2D eigenvalue weighted by Crippen LogP contribution is 2.50. The van der Waals surface area contributed by atoms with Crippen LogP contribution in [0, 0.1) is 11.6 Å². The van der Waals surface area contributed by atoms with Gasteiger partial charge in [-0.2, -0.15) is 17.9 Å². The van der Waals surface area contributed by atoms with Gasteiger partial charge in [-0.25, -0.2) is 17.2 Å². The largest absolute Gasteiger partial charge is 0.407 e. The van der Waals surface area contributed by atoms with E-state index >= 15 is 0 Å². The van der Waals surface area contributed by atoms with Crippen molar-refractivity contribution in [3.05, 3.63) is 28.2 Å². The minimum atomic E-state index is -4.78. The van der Waals surface area contributed by atoms with Crippen LogP contribution in [0.2, 0.25) is 0 Å². The SMILES string of the molecule is O=S(=O)(NC1(C(F)(F)F)CC1)c1c(F)cc(F)cc1Br. The van der Waals surface area contributed by atoms with Gasteiger partial charge in [-0.05, 0) is 34.8 Å². The first-order valence-corrected chi connectivity index (χ1v) is 7.51. The van der Waals surface area contributed by atoms with Crippen molar-refractivity contribution < 1.29 is 30.4 Å². The summed E-state index contributed by atoms with van der Waals surface area (Å²) in [5.41, 5.74) is -2.56. The number of alkyl halides is 3. The number of halogens is 6. The lowest BCUT2D eigenvalue weighted by Gasteiger charge is -2.21. The van der Waals surface area contributed by atoms with E-state index in [0.717, 1.165) is 0 Å². The van der Waals surface area contributed by atoms with Gasteiger partial charge >= 0.3 is 6.18 Å². The standard InChI is InChI=1S/C10H7BrF5NO2S/c11-6-3-5(12)4-7(13)8(6)20(18,19)17-9(1-2-9)10(14,15)16/h3-4,17H,1-2H2. The number of nitrogens with one attached hydrogen (secondary N) is 1. The molecule has 0 bridgehead atoms. The molecule has 1 aliphatic rings. The maximum absolute atomic E-state index is 13.5. The fourth-order valence-electron chi connectivity index (χ4n) is 1.66. The van der Waals surface area contributed by atoms with Crippen LogP contribution in [-0.4, -0.2) is 20.1 Å². The molecule has 0 unspecified atom stereocenters. The van der Waals surface area contributed by atoms with Gasteiger partial charge in [0.15, 0.2) is 0 Å². The summed E-state index contributed by atoms with van der Waals surface area (Å²) < 4.78 is 89.3. The van der Waals surface area contributed by atoms with E-state index in [1.54, 1.807) is 0 Å². The summed E-state index contributed by atoms with van der Waals surface area (Å²) in [6, 6.07) is 0.942. The summed E-state index contributed by atoms with van der Waals surface area (Å²) in [7, 11) is -4.78. The van der Waals surface area contributed by atoms with Gasteiger partial charge in [0, 0.05) is 10.5 Å². The van der Waals surface area contributed by atoms with Gasteiger partial charge in [0.05, 0.1) is 0 Å². The molecule has 2 rings (SSSR count). The Bertz CT molecular complexity index is 631. The third kappa shape index (κ3) is 2.68. The molecule has 0 atom stereocenters. The van der Waals surface area contributed by atoms with Gasteiger partial charge in [-0.15, -0.1) is 0 Å². The second-order valence-electron chi connectivity index (χ2n) is 4.38. The number of hydrogen-bond donors (Lipinski definition) is 1. The maximum Gasteiger partial charge on any atom is 0.407 e. The average molecular weight is 380 g/mol. The van der Waals surface area contributed by atoms with Crippen LogP contribution in [0.4, 0.5) is 22.0 Å². The highest BCUT2D eigenvalue weighted by atomic mass is 79.9. The summed E-state index contributed by atoms with van der Waals surface area (Å²) in [6.07, 6.45) is -5.62. The van der Waals surface area contributed by atoms with Gasteiger partial charge < -0.3 is 0 Å². The van der Waals surface area contributed by atoms with Crippen molar-refractivity contribution in [1.82, 2.24) is 4.72 Å². The van der Waals surface area contributed by atoms with E-state index < -0.39 is 55.6 Å². The van der Waals surface area contributed by atoms with E-state index in [1.807, 2.05) is 0 Å². The minimum absolute atomic E-state index is 0.284. The second kappa shape index (κ2) is 4.63. The van der Waals surface area contributed by atoms with Crippen LogP contribution in [0.25, 0.3) is 0 Å². The van der Waals surface area contributed by atoms with Crippen molar-refractivity contribution in [1.29, 1.82) is 0 Å². The first-order chi connectivity index (χ1) is 8.98. The molecule has 1 fully saturated rings. The highest BCUT2D eigenvalue weighted by molar-refractivity contribution is 9.10. The Hall–Kier alpha value is -0.740. The van der Waals surface area contributed by atoms with Crippen LogP contribution in [0.3, 0.4) is 0 Å². The summed E-state index contributed by atoms with van der Waals surface area (Å²) in [5.74, 6) is -2.52. The zero-order chi connectivity index (χ0) is 15.3. The Morgan fingerprint density at radius 1 is 1.20 bits per heavy atom. The highest BCUT2D eigenvalue weighted by Gasteiger charge is 2.65. The van der Waals surface area contributed by atoms with Gasteiger partial charge in [0.2, 0.25) is 10.0 Å². The van der Waals surface area contributed by atoms with E-state index in [1.165, 1.54) is 4.72 Å². The van der Waals surface area contributed by atoms with E-state index in [9.17, 15) is 30.4 Å². The van der Waals surface area contributed by atoms with Crippen molar-refractivity contribution in [2.45, 2.75) is 29.5 Å². The Balaban J connectivity index is 2.43. The summed E-state index contributed by atoms with van der Waals surface area (Å²) in [5, 5.41) is 0. The van der Waals surface area contributed by atoms with Crippen LogP contribution in [0.5, 0.6) is 0 Å². The molecule has 1 aromatic carbocycles. The molecular formula is C10H7BrF5NO2S. The van der Waals surface area contributed by atoms with Crippen molar-refractivity contribution in [3.8, 4) is 0 Å². The Morgan fingerprint density at radius 3 is 2.15 bits per heavy atom. The van der Waals surface area contributed by atoms with Crippen molar-refractivity contribution in [3.63, 3.8) is 0 Å². The average Bonchev–Trinajstić information content (AvgIpc) is 2.93. The molecule has 10 heteroatoms. The summed E-state index contributed by atoms with van der Waals surface area (Å²) in [6.45, 7) is 0. The quantitative estimate of drug-likeness (QED) is 0.820. The Morgan fingerprint density at radius 2 is 1.75 bits per heavy atom. The van der Waals surface area contributed by atoms with Crippen LogP contribution >= 0.6 is 15.9 Å². The topological polar surface area (TPSA) is 46.2 Å². The Kier molecular flexibility index (Phi) is 3.63. The summed E-state index contributed by atoms with van der Waals surface area (Å²) >= 11 is 2.63. The van der Waals surface area contributed by atoms with E-state index in [-0.39, 0.29) is 6.07 Å². The molecule has 0 spiro atoms. The molecule has 0 radical (unpaired) electrons. The maximum atomic E-state index is 13.5. The molecule has 1 N–H and O–H groups in total.